The van der Waals surface area contributed by atoms with Gasteiger partial charge in [0.2, 0.25) is 5.91 Å². The van der Waals surface area contributed by atoms with E-state index in [0.29, 0.717) is 32.5 Å². The number of amides is 2. The minimum Gasteiger partial charge on any atom is -0.465 e. The van der Waals surface area contributed by atoms with E-state index in [1.54, 1.807) is 6.92 Å². The second-order valence-corrected chi connectivity index (χ2v) is 5.13. The Morgan fingerprint density at radius 1 is 1.25 bits per heavy atom. The van der Waals surface area contributed by atoms with Crippen LogP contribution in [0.15, 0.2) is 30.3 Å². The SMILES string of the molecule is CC(=O)N(Cc1ccccc1)C1CCN(C(=O)O)CC1. The van der Waals surface area contributed by atoms with Crippen LogP contribution in [-0.2, 0) is 11.3 Å². The highest BCUT2D eigenvalue weighted by Crippen LogP contribution is 2.19. The van der Waals surface area contributed by atoms with Gasteiger partial charge < -0.3 is 14.9 Å². The highest BCUT2D eigenvalue weighted by atomic mass is 16.4. The molecule has 20 heavy (non-hydrogen) atoms. The average Bonchev–Trinajstić information content (AvgIpc) is 2.45. The largest absolute Gasteiger partial charge is 0.465 e. The van der Waals surface area contributed by atoms with Crippen molar-refractivity contribution < 1.29 is 14.7 Å². The molecule has 0 aliphatic carbocycles. The van der Waals surface area contributed by atoms with Crippen molar-refractivity contribution in [1.29, 1.82) is 0 Å². The first kappa shape index (κ1) is 14.4. The molecule has 1 N–H and O–H groups in total. The van der Waals surface area contributed by atoms with Crippen LogP contribution >= 0.6 is 0 Å². The zero-order valence-electron chi connectivity index (χ0n) is 11.7. The van der Waals surface area contributed by atoms with Crippen LogP contribution in [0.2, 0.25) is 0 Å². The van der Waals surface area contributed by atoms with E-state index in [4.69, 9.17) is 5.11 Å². The third-order valence-electron chi connectivity index (χ3n) is 3.78. The number of benzene rings is 1. The van der Waals surface area contributed by atoms with Crippen molar-refractivity contribution in [2.75, 3.05) is 13.1 Å². The van der Waals surface area contributed by atoms with E-state index in [0.717, 1.165) is 5.56 Å². The van der Waals surface area contributed by atoms with Crippen molar-refractivity contribution in [1.82, 2.24) is 9.80 Å². The van der Waals surface area contributed by atoms with Gasteiger partial charge >= 0.3 is 6.09 Å². The molecule has 1 aromatic rings. The molecule has 0 unspecified atom stereocenters. The van der Waals surface area contributed by atoms with Crippen molar-refractivity contribution in [3.8, 4) is 0 Å². The predicted octanol–water partition coefficient (Wildman–Crippen LogP) is 2.18. The summed E-state index contributed by atoms with van der Waals surface area (Å²) in [5, 5.41) is 8.95. The Hall–Kier alpha value is -2.04. The first-order valence-electron chi connectivity index (χ1n) is 6.87. The van der Waals surface area contributed by atoms with Gasteiger partial charge in [-0.15, -0.1) is 0 Å². The Bertz CT molecular complexity index is 467. The Balaban J connectivity index is 2.00. The van der Waals surface area contributed by atoms with Gasteiger partial charge in [0.15, 0.2) is 0 Å². The standard InChI is InChI=1S/C15H20N2O3/c1-12(18)17(11-13-5-3-2-4-6-13)14-7-9-16(10-8-14)15(19)20/h2-6,14H,7-11H2,1H3,(H,19,20). The highest BCUT2D eigenvalue weighted by Gasteiger charge is 2.28. The average molecular weight is 276 g/mol. The fourth-order valence-electron chi connectivity index (χ4n) is 2.65. The summed E-state index contributed by atoms with van der Waals surface area (Å²) < 4.78 is 0. The van der Waals surface area contributed by atoms with Crippen molar-refractivity contribution in [3.05, 3.63) is 35.9 Å². The normalized spacial score (nSPS) is 15.9. The number of rotatable bonds is 3. The minimum absolute atomic E-state index is 0.0441. The Kier molecular flexibility index (Phi) is 4.61. The molecule has 2 amide bonds. The lowest BCUT2D eigenvalue weighted by Gasteiger charge is -2.37. The third kappa shape index (κ3) is 3.50. The molecule has 108 valence electrons. The molecule has 0 bridgehead atoms. The number of likely N-dealkylation sites (tertiary alicyclic amines) is 1. The first-order chi connectivity index (χ1) is 9.58. The maximum Gasteiger partial charge on any atom is 0.407 e. The van der Waals surface area contributed by atoms with Gasteiger partial charge in [0, 0.05) is 32.6 Å². The number of carbonyl (C=O) groups is 2. The highest BCUT2D eigenvalue weighted by molar-refractivity contribution is 5.73. The lowest BCUT2D eigenvalue weighted by molar-refractivity contribution is -0.132. The zero-order chi connectivity index (χ0) is 14.5. The molecule has 1 aliphatic rings. The van der Waals surface area contributed by atoms with Crippen molar-refractivity contribution in [2.45, 2.75) is 32.4 Å². The summed E-state index contributed by atoms with van der Waals surface area (Å²) in [5.41, 5.74) is 1.10. The van der Waals surface area contributed by atoms with Crippen LogP contribution in [0.5, 0.6) is 0 Å². The zero-order valence-corrected chi connectivity index (χ0v) is 11.7. The topological polar surface area (TPSA) is 60.9 Å². The second-order valence-electron chi connectivity index (χ2n) is 5.13. The van der Waals surface area contributed by atoms with Crippen LogP contribution in [0.1, 0.15) is 25.3 Å². The summed E-state index contributed by atoms with van der Waals surface area (Å²) in [7, 11) is 0. The van der Waals surface area contributed by atoms with Crippen LogP contribution in [0.25, 0.3) is 0 Å². The first-order valence-corrected chi connectivity index (χ1v) is 6.87. The molecule has 1 saturated heterocycles. The van der Waals surface area contributed by atoms with Gasteiger partial charge in [-0.25, -0.2) is 4.79 Å². The van der Waals surface area contributed by atoms with Gasteiger partial charge in [-0.1, -0.05) is 30.3 Å². The van der Waals surface area contributed by atoms with Crippen molar-refractivity contribution >= 4 is 12.0 Å². The van der Waals surface area contributed by atoms with E-state index in [9.17, 15) is 9.59 Å². The van der Waals surface area contributed by atoms with Crippen LogP contribution in [0.3, 0.4) is 0 Å². The molecule has 1 heterocycles. The summed E-state index contributed by atoms with van der Waals surface area (Å²) in [5.74, 6) is 0.0441. The van der Waals surface area contributed by atoms with Crippen molar-refractivity contribution in [2.24, 2.45) is 0 Å². The maximum atomic E-state index is 11.9. The van der Waals surface area contributed by atoms with Crippen LogP contribution in [-0.4, -0.2) is 46.0 Å². The molecule has 0 saturated carbocycles. The molecule has 1 fully saturated rings. The van der Waals surface area contributed by atoms with Crippen LogP contribution < -0.4 is 0 Å². The molecule has 0 radical (unpaired) electrons. The van der Waals surface area contributed by atoms with E-state index in [1.807, 2.05) is 35.2 Å². The van der Waals surface area contributed by atoms with Gasteiger partial charge in [0.05, 0.1) is 0 Å². The lowest BCUT2D eigenvalue weighted by Crippen LogP contribution is -2.47. The quantitative estimate of drug-likeness (QED) is 0.920. The van der Waals surface area contributed by atoms with Gasteiger partial charge in [-0.3, -0.25) is 4.79 Å². The predicted molar refractivity (Wildman–Crippen MR) is 75.3 cm³/mol. The fourth-order valence-corrected chi connectivity index (χ4v) is 2.65. The number of hydrogen-bond acceptors (Lipinski definition) is 2. The fraction of sp³-hybridized carbons (Fsp3) is 0.467. The van der Waals surface area contributed by atoms with E-state index < -0.39 is 6.09 Å². The number of carbonyl (C=O) groups excluding carboxylic acids is 1. The van der Waals surface area contributed by atoms with E-state index in [-0.39, 0.29) is 11.9 Å². The molecule has 5 heteroatoms. The third-order valence-corrected chi connectivity index (χ3v) is 3.78. The smallest absolute Gasteiger partial charge is 0.407 e. The monoisotopic (exact) mass is 276 g/mol. The maximum absolute atomic E-state index is 11.9. The number of nitrogens with zero attached hydrogens (tertiary/aromatic N) is 2. The molecule has 1 aromatic carbocycles. The Morgan fingerprint density at radius 2 is 1.85 bits per heavy atom. The van der Waals surface area contributed by atoms with E-state index in [2.05, 4.69) is 0 Å². The van der Waals surface area contributed by atoms with E-state index >= 15 is 0 Å². The summed E-state index contributed by atoms with van der Waals surface area (Å²) in [6, 6.07) is 10.0. The minimum atomic E-state index is -0.874. The van der Waals surface area contributed by atoms with Crippen LogP contribution in [0.4, 0.5) is 4.79 Å². The van der Waals surface area contributed by atoms with Crippen molar-refractivity contribution in [3.63, 3.8) is 0 Å². The van der Waals surface area contributed by atoms with E-state index in [1.165, 1.54) is 4.90 Å². The number of hydrogen-bond donors (Lipinski definition) is 1. The molecular formula is C15H20N2O3. The summed E-state index contributed by atoms with van der Waals surface area (Å²) in [4.78, 5) is 26.0. The lowest BCUT2D eigenvalue weighted by atomic mass is 10.0. The number of piperidine rings is 1. The molecule has 1 aliphatic heterocycles. The van der Waals surface area contributed by atoms with Crippen LogP contribution in [0, 0.1) is 0 Å². The Labute approximate surface area is 118 Å². The summed E-state index contributed by atoms with van der Waals surface area (Å²) in [6.45, 7) is 3.16. The Morgan fingerprint density at radius 3 is 2.35 bits per heavy atom. The molecular weight excluding hydrogens is 256 g/mol. The molecule has 0 atom stereocenters. The molecule has 0 spiro atoms. The van der Waals surface area contributed by atoms with Gasteiger partial charge in [-0.05, 0) is 18.4 Å². The molecule has 2 rings (SSSR count). The number of carboxylic acid groups (broad SMARTS) is 1. The summed E-state index contributed by atoms with van der Waals surface area (Å²) in [6.07, 6.45) is 0.540. The second kappa shape index (κ2) is 6.41. The van der Waals surface area contributed by atoms with Gasteiger partial charge in [-0.2, -0.15) is 0 Å². The molecule has 5 nitrogen and oxygen atoms in total. The summed E-state index contributed by atoms with van der Waals surface area (Å²) >= 11 is 0. The molecule has 0 aromatic heterocycles. The van der Waals surface area contributed by atoms with Gasteiger partial charge in [0.25, 0.3) is 0 Å². The van der Waals surface area contributed by atoms with Gasteiger partial charge in [0.1, 0.15) is 0 Å².